The van der Waals surface area contributed by atoms with Crippen LogP contribution in [0.2, 0.25) is 0 Å². The number of ether oxygens (including phenoxy) is 2. The molecule has 12 heteroatoms. The summed E-state index contributed by atoms with van der Waals surface area (Å²) >= 11 is 3.68. The minimum absolute atomic E-state index is 0.0512. The number of alkyl halides is 1. The van der Waals surface area contributed by atoms with Crippen LogP contribution < -0.4 is 0 Å². The quantitative estimate of drug-likeness (QED) is 0.190. The molecule has 3 aromatic rings. The highest BCUT2D eigenvalue weighted by Crippen LogP contribution is 2.60. The van der Waals surface area contributed by atoms with Crippen LogP contribution in [0.4, 0.5) is 0 Å². The van der Waals surface area contributed by atoms with Gasteiger partial charge in [0.15, 0.2) is 0 Å². The summed E-state index contributed by atoms with van der Waals surface area (Å²) in [6.07, 6.45) is 1.65. The predicted molar refractivity (Wildman–Crippen MR) is 160 cm³/mol. The number of rotatable bonds is 11. The van der Waals surface area contributed by atoms with Crippen molar-refractivity contribution in [2.24, 2.45) is 11.8 Å². The number of aliphatic hydroxyl groups excluding tert-OH is 1. The van der Waals surface area contributed by atoms with Gasteiger partial charge in [0.1, 0.15) is 23.8 Å². The highest BCUT2D eigenvalue weighted by molar-refractivity contribution is 9.09. The van der Waals surface area contributed by atoms with E-state index in [1.54, 1.807) is 22.6 Å². The third-order valence-electron chi connectivity index (χ3n) is 8.82. The molecule has 0 radical (unpaired) electrons. The number of halogens is 1. The van der Waals surface area contributed by atoms with Crippen molar-refractivity contribution in [2.75, 3.05) is 19.8 Å². The number of fused-ring (bicyclic) bond motifs is 2. The van der Waals surface area contributed by atoms with Gasteiger partial charge in [-0.2, -0.15) is 0 Å². The summed E-state index contributed by atoms with van der Waals surface area (Å²) < 4.78 is 13.6. The molecule has 3 aliphatic heterocycles. The van der Waals surface area contributed by atoms with Crippen molar-refractivity contribution in [3.63, 3.8) is 0 Å². The van der Waals surface area contributed by atoms with E-state index in [4.69, 9.17) is 9.47 Å². The van der Waals surface area contributed by atoms with Crippen LogP contribution in [0.5, 0.6) is 0 Å². The average molecular weight is 653 g/mol. The first-order valence-electron chi connectivity index (χ1n) is 14.5. The van der Waals surface area contributed by atoms with Crippen molar-refractivity contribution < 1.29 is 29.0 Å². The molecule has 6 rings (SSSR count). The van der Waals surface area contributed by atoms with Gasteiger partial charge in [0.05, 0.1) is 42.7 Å². The van der Waals surface area contributed by atoms with Gasteiger partial charge in [-0.05, 0) is 37.5 Å². The number of carbonyl (C=O) groups excluding carboxylic acids is 3. The summed E-state index contributed by atoms with van der Waals surface area (Å²) in [5, 5.41) is 19.2. The Morgan fingerprint density at radius 1 is 1.26 bits per heavy atom. The normalized spacial score (nSPS) is 28.2. The molecule has 3 saturated heterocycles. The van der Waals surface area contributed by atoms with Crippen LogP contribution in [-0.2, 0) is 36.9 Å². The second kappa shape index (κ2) is 11.8. The van der Waals surface area contributed by atoms with Gasteiger partial charge in [0.25, 0.3) is 0 Å². The Labute approximate surface area is 257 Å². The molecule has 3 unspecified atom stereocenters. The van der Waals surface area contributed by atoms with Crippen molar-refractivity contribution >= 4 is 44.7 Å². The SMILES string of the molecule is C=CCN(Cn1nnc2ccccc21)C(=O)C1N([C@@H](CO)Cc2ccccc2)C(=O)[C@@H]2[C@@H](C(=O)OCC)[C@@H]3OC12CC3Br. The fourth-order valence-corrected chi connectivity index (χ4v) is 8.06. The predicted octanol–water partition coefficient (Wildman–Crippen LogP) is 2.32. The first-order chi connectivity index (χ1) is 20.8. The van der Waals surface area contributed by atoms with Gasteiger partial charge in [0.2, 0.25) is 11.8 Å². The number of amides is 2. The highest BCUT2D eigenvalue weighted by Gasteiger charge is 2.77. The summed E-state index contributed by atoms with van der Waals surface area (Å²) in [4.78, 5) is 45.3. The van der Waals surface area contributed by atoms with Crippen molar-refractivity contribution in [3.8, 4) is 0 Å². The number of aromatic nitrogens is 3. The second-order valence-electron chi connectivity index (χ2n) is 11.3. The van der Waals surface area contributed by atoms with Gasteiger partial charge in [-0.25, -0.2) is 4.68 Å². The van der Waals surface area contributed by atoms with Crippen LogP contribution in [0.1, 0.15) is 18.9 Å². The zero-order chi connectivity index (χ0) is 30.3. The van der Waals surface area contributed by atoms with Crippen LogP contribution in [-0.4, -0.2) is 96.1 Å². The van der Waals surface area contributed by atoms with Gasteiger partial charge in [-0.1, -0.05) is 69.7 Å². The van der Waals surface area contributed by atoms with E-state index in [1.165, 1.54) is 4.90 Å². The Morgan fingerprint density at radius 2 is 2.00 bits per heavy atom. The molecule has 3 aliphatic rings. The summed E-state index contributed by atoms with van der Waals surface area (Å²) in [6.45, 7) is 5.56. The van der Waals surface area contributed by atoms with E-state index in [2.05, 4.69) is 32.8 Å². The maximum Gasteiger partial charge on any atom is 0.312 e. The van der Waals surface area contributed by atoms with Gasteiger partial charge in [0, 0.05) is 11.4 Å². The maximum absolute atomic E-state index is 14.8. The smallest absolute Gasteiger partial charge is 0.312 e. The minimum atomic E-state index is -1.29. The fourth-order valence-electron chi connectivity index (χ4n) is 7.11. The standard InChI is InChI=1S/C31H34BrN5O6/c1-3-14-35(18-36-23-13-9-8-12-22(23)33-34-36)29(40)27-31-16-21(32)26(43-31)24(30(41)42-4-2)25(31)28(39)37(27)20(17-38)15-19-10-6-5-7-11-19/h3,5-13,20-21,24-27,38H,1,4,14-18H2,2H3/t20-,21?,24-,25+,26-,27?,31?/m1/s1. The Morgan fingerprint density at radius 3 is 2.72 bits per heavy atom. The fraction of sp³-hybridized carbons (Fsp3) is 0.452. The van der Waals surface area contributed by atoms with Gasteiger partial charge in [-0.15, -0.1) is 11.7 Å². The van der Waals surface area contributed by atoms with E-state index in [1.807, 2.05) is 54.6 Å². The molecule has 4 heterocycles. The number of hydrogen-bond donors (Lipinski definition) is 1. The van der Waals surface area contributed by atoms with Crippen molar-refractivity contribution in [2.45, 2.75) is 55.0 Å². The lowest BCUT2D eigenvalue weighted by molar-refractivity contribution is -0.156. The van der Waals surface area contributed by atoms with E-state index in [-0.39, 0.29) is 37.2 Å². The molecule has 2 bridgehead atoms. The lowest BCUT2D eigenvalue weighted by Crippen LogP contribution is -2.59. The molecule has 1 N–H and O–H groups in total. The summed E-state index contributed by atoms with van der Waals surface area (Å²) in [6, 6.07) is 15.1. The van der Waals surface area contributed by atoms with E-state index < -0.39 is 47.5 Å². The maximum atomic E-state index is 14.8. The van der Waals surface area contributed by atoms with E-state index in [9.17, 15) is 19.5 Å². The van der Waals surface area contributed by atoms with Gasteiger partial charge >= 0.3 is 5.97 Å². The monoisotopic (exact) mass is 651 g/mol. The zero-order valence-electron chi connectivity index (χ0n) is 23.8. The highest BCUT2D eigenvalue weighted by atomic mass is 79.9. The van der Waals surface area contributed by atoms with E-state index in [0.29, 0.717) is 18.4 Å². The third kappa shape index (κ3) is 4.85. The molecule has 0 saturated carbocycles. The number of para-hydroxylation sites is 1. The number of esters is 1. The third-order valence-corrected chi connectivity index (χ3v) is 9.67. The molecule has 226 valence electrons. The minimum Gasteiger partial charge on any atom is -0.466 e. The van der Waals surface area contributed by atoms with Crippen LogP contribution in [0.3, 0.4) is 0 Å². The largest absolute Gasteiger partial charge is 0.466 e. The summed E-state index contributed by atoms with van der Waals surface area (Å²) in [5.41, 5.74) is 1.04. The number of nitrogens with zero attached hydrogens (tertiary/aromatic N) is 5. The Hall–Kier alpha value is -3.61. The molecular formula is C31H34BrN5O6. The second-order valence-corrected chi connectivity index (χ2v) is 12.4. The molecule has 7 atom stereocenters. The molecule has 11 nitrogen and oxygen atoms in total. The first-order valence-corrected chi connectivity index (χ1v) is 15.4. The molecule has 0 aliphatic carbocycles. The number of likely N-dealkylation sites (tertiary alicyclic amines) is 1. The van der Waals surface area contributed by atoms with E-state index >= 15 is 0 Å². The molecule has 3 fully saturated rings. The lowest BCUT2D eigenvalue weighted by atomic mass is 9.70. The Balaban J connectivity index is 1.43. The molecule has 1 aromatic heterocycles. The van der Waals surface area contributed by atoms with Crippen molar-refractivity contribution in [1.29, 1.82) is 0 Å². The zero-order valence-corrected chi connectivity index (χ0v) is 25.4. The first kappa shape index (κ1) is 29.5. The average Bonchev–Trinajstić information content (AvgIpc) is 3.73. The Bertz CT molecular complexity index is 1530. The van der Waals surface area contributed by atoms with Gasteiger partial charge in [-0.3, -0.25) is 14.4 Å². The van der Waals surface area contributed by atoms with Crippen LogP contribution in [0, 0.1) is 11.8 Å². The van der Waals surface area contributed by atoms with Crippen LogP contribution in [0.25, 0.3) is 11.0 Å². The summed E-state index contributed by atoms with van der Waals surface area (Å²) in [7, 11) is 0. The molecular weight excluding hydrogens is 618 g/mol. The van der Waals surface area contributed by atoms with Crippen molar-refractivity contribution in [1.82, 2.24) is 24.8 Å². The number of benzene rings is 2. The number of carbonyl (C=O) groups is 3. The van der Waals surface area contributed by atoms with Crippen molar-refractivity contribution in [3.05, 3.63) is 72.8 Å². The summed E-state index contributed by atoms with van der Waals surface area (Å²) in [5.74, 6) is -3.11. The van der Waals surface area contributed by atoms with E-state index in [0.717, 1.165) is 11.1 Å². The van der Waals surface area contributed by atoms with Gasteiger partial charge < -0.3 is 24.4 Å². The molecule has 43 heavy (non-hydrogen) atoms. The number of hydrogen-bond acceptors (Lipinski definition) is 8. The molecule has 2 amide bonds. The number of aliphatic hydroxyl groups is 1. The lowest BCUT2D eigenvalue weighted by Gasteiger charge is -2.39. The molecule has 1 spiro atoms. The van der Waals surface area contributed by atoms with Crippen LogP contribution in [0.15, 0.2) is 67.3 Å². The van der Waals surface area contributed by atoms with Crippen LogP contribution >= 0.6 is 15.9 Å². The molecule has 2 aromatic carbocycles. The Kier molecular flexibility index (Phi) is 8.10. The topological polar surface area (TPSA) is 127 Å².